The molecule has 1 aliphatic heterocycles. The third-order valence-corrected chi connectivity index (χ3v) is 5.79. The molecule has 5 heteroatoms. The number of nitrogens with zero attached hydrogens (tertiary/aromatic N) is 3. The zero-order valence-corrected chi connectivity index (χ0v) is 15.2. The Morgan fingerprint density at radius 2 is 2.10 bits per heavy atom. The molecule has 118 valence electrons. The highest BCUT2D eigenvalue weighted by Crippen LogP contribution is 2.38. The van der Waals surface area contributed by atoms with E-state index in [1.54, 1.807) is 0 Å². The van der Waals surface area contributed by atoms with Gasteiger partial charge in [-0.15, -0.1) is 0 Å². The predicted molar refractivity (Wildman–Crippen MR) is 89.3 cm³/mol. The van der Waals surface area contributed by atoms with Gasteiger partial charge in [-0.3, -0.25) is 9.58 Å². The van der Waals surface area contributed by atoms with Crippen LogP contribution in [0, 0.1) is 5.92 Å². The van der Waals surface area contributed by atoms with Crippen molar-refractivity contribution < 1.29 is 0 Å². The van der Waals surface area contributed by atoms with Gasteiger partial charge in [-0.25, -0.2) is 0 Å². The van der Waals surface area contributed by atoms with Crippen LogP contribution >= 0.6 is 15.9 Å². The monoisotopic (exact) mass is 354 g/mol. The van der Waals surface area contributed by atoms with Crippen molar-refractivity contribution in [2.45, 2.75) is 58.2 Å². The summed E-state index contributed by atoms with van der Waals surface area (Å²) in [6.07, 6.45) is 3.78. The molecule has 0 amide bonds. The maximum Gasteiger partial charge on any atom is 0.0767 e. The van der Waals surface area contributed by atoms with Crippen LogP contribution in [-0.2, 0) is 20.0 Å². The number of aromatic nitrogens is 2. The average Bonchev–Trinajstić information content (AvgIpc) is 3.21. The second kappa shape index (κ2) is 5.67. The van der Waals surface area contributed by atoms with Gasteiger partial charge in [-0.1, -0.05) is 6.92 Å². The fourth-order valence-corrected chi connectivity index (χ4v) is 4.24. The van der Waals surface area contributed by atoms with E-state index in [1.165, 1.54) is 28.7 Å². The van der Waals surface area contributed by atoms with E-state index in [9.17, 15) is 0 Å². The van der Waals surface area contributed by atoms with E-state index in [-0.39, 0.29) is 5.54 Å². The molecule has 0 radical (unpaired) electrons. The van der Waals surface area contributed by atoms with E-state index in [0.29, 0.717) is 6.04 Å². The first-order valence-corrected chi connectivity index (χ1v) is 8.90. The van der Waals surface area contributed by atoms with Crippen molar-refractivity contribution in [3.63, 3.8) is 0 Å². The molecule has 3 rings (SSSR count). The van der Waals surface area contributed by atoms with Crippen LogP contribution in [0.5, 0.6) is 0 Å². The third-order valence-electron chi connectivity index (χ3n) is 4.88. The topological polar surface area (TPSA) is 33.1 Å². The summed E-state index contributed by atoms with van der Waals surface area (Å²) in [7, 11) is 2.07. The molecule has 0 aromatic carbocycles. The number of halogens is 1. The normalized spacial score (nSPS) is 26.2. The molecule has 1 N–H and O–H groups in total. The predicted octanol–water partition coefficient (Wildman–Crippen LogP) is 2.71. The van der Waals surface area contributed by atoms with Crippen LogP contribution in [0.1, 0.15) is 45.0 Å². The maximum atomic E-state index is 4.64. The van der Waals surface area contributed by atoms with Crippen LogP contribution in [0.15, 0.2) is 4.47 Å². The van der Waals surface area contributed by atoms with Gasteiger partial charge >= 0.3 is 0 Å². The summed E-state index contributed by atoms with van der Waals surface area (Å²) >= 11 is 3.76. The Kier molecular flexibility index (Phi) is 4.19. The van der Waals surface area contributed by atoms with Gasteiger partial charge in [0.2, 0.25) is 0 Å². The Bertz CT molecular complexity index is 519. The summed E-state index contributed by atoms with van der Waals surface area (Å²) in [5.74, 6) is 0.895. The van der Waals surface area contributed by atoms with Gasteiger partial charge in [0.05, 0.1) is 15.9 Å². The van der Waals surface area contributed by atoms with Crippen LogP contribution in [0.4, 0.5) is 0 Å². The Hall–Kier alpha value is -0.390. The molecule has 1 unspecified atom stereocenters. The van der Waals surface area contributed by atoms with Crippen molar-refractivity contribution >= 4 is 15.9 Å². The first-order valence-electron chi connectivity index (χ1n) is 8.10. The molecule has 1 aliphatic carbocycles. The second-order valence-electron chi connectivity index (χ2n) is 7.26. The van der Waals surface area contributed by atoms with Crippen molar-refractivity contribution in [3.8, 4) is 0 Å². The Labute approximate surface area is 136 Å². The first kappa shape index (κ1) is 15.5. The van der Waals surface area contributed by atoms with E-state index in [4.69, 9.17) is 0 Å². The second-order valence-corrected chi connectivity index (χ2v) is 8.05. The van der Waals surface area contributed by atoms with E-state index in [1.807, 2.05) is 0 Å². The maximum absolute atomic E-state index is 4.64. The van der Waals surface area contributed by atoms with Crippen molar-refractivity contribution in [1.29, 1.82) is 0 Å². The summed E-state index contributed by atoms with van der Waals surface area (Å²) in [4.78, 5) is 2.68. The summed E-state index contributed by atoms with van der Waals surface area (Å²) in [5, 5.41) is 8.36. The molecule has 4 nitrogen and oxygen atoms in total. The molecule has 1 aromatic heterocycles. The van der Waals surface area contributed by atoms with Crippen LogP contribution in [0.3, 0.4) is 0 Å². The van der Waals surface area contributed by atoms with Gasteiger partial charge in [-0.2, -0.15) is 5.10 Å². The molecule has 2 fully saturated rings. The molecule has 1 aromatic rings. The minimum absolute atomic E-state index is 0.198. The smallest absolute Gasteiger partial charge is 0.0767 e. The lowest BCUT2D eigenvalue weighted by molar-refractivity contribution is 0.0735. The van der Waals surface area contributed by atoms with E-state index in [2.05, 4.69) is 63.7 Å². The average molecular weight is 355 g/mol. The van der Waals surface area contributed by atoms with Crippen molar-refractivity contribution in [2.75, 3.05) is 13.1 Å². The standard InChI is InChI=1S/C16H27BrN4/c1-5-12-15(17)14(20(4)19-12)9-21-10-16(2,3)18-8-13(21)11-6-7-11/h11,13,18H,5-10H2,1-4H3. The lowest BCUT2D eigenvalue weighted by Gasteiger charge is -2.45. The summed E-state index contributed by atoms with van der Waals surface area (Å²) in [6.45, 7) is 9.99. The van der Waals surface area contributed by atoms with Crippen molar-refractivity contribution in [2.24, 2.45) is 13.0 Å². The molecule has 1 saturated carbocycles. The largest absolute Gasteiger partial charge is 0.309 e. The minimum Gasteiger partial charge on any atom is -0.309 e. The first-order chi connectivity index (χ1) is 9.91. The highest BCUT2D eigenvalue weighted by Gasteiger charge is 2.41. The van der Waals surface area contributed by atoms with Crippen LogP contribution in [0.2, 0.25) is 0 Å². The summed E-state index contributed by atoms with van der Waals surface area (Å²) in [6, 6.07) is 0.685. The summed E-state index contributed by atoms with van der Waals surface area (Å²) in [5.41, 5.74) is 2.68. The lowest BCUT2D eigenvalue weighted by atomic mass is 9.96. The molecule has 1 atom stereocenters. The molecule has 2 heterocycles. The quantitative estimate of drug-likeness (QED) is 0.902. The molecular formula is C16H27BrN4. The van der Waals surface area contributed by atoms with Gasteiger partial charge in [-0.05, 0) is 55.0 Å². The summed E-state index contributed by atoms with van der Waals surface area (Å²) < 4.78 is 3.26. The molecule has 1 saturated heterocycles. The number of piperazine rings is 1. The number of hydrogen-bond acceptors (Lipinski definition) is 3. The molecule has 0 spiro atoms. The van der Waals surface area contributed by atoms with Crippen molar-refractivity contribution in [1.82, 2.24) is 20.0 Å². The number of nitrogens with one attached hydrogen (secondary N) is 1. The molecule has 2 aliphatic rings. The number of aryl methyl sites for hydroxylation is 2. The van der Waals surface area contributed by atoms with Crippen LogP contribution in [-0.4, -0.2) is 39.4 Å². The van der Waals surface area contributed by atoms with E-state index < -0.39 is 0 Å². The molecule has 21 heavy (non-hydrogen) atoms. The fraction of sp³-hybridized carbons (Fsp3) is 0.812. The van der Waals surface area contributed by atoms with E-state index in [0.717, 1.165) is 32.0 Å². The minimum atomic E-state index is 0.198. The number of hydrogen-bond donors (Lipinski definition) is 1. The van der Waals surface area contributed by atoms with Crippen molar-refractivity contribution in [3.05, 3.63) is 15.9 Å². The SMILES string of the molecule is CCc1nn(C)c(CN2CC(C)(C)NCC2C2CC2)c1Br. The fourth-order valence-electron chi connectivity index (χ4n) is 3.49. The zero-order chi connectivity index (χ0) is 15.2. The van der Waals surface area contributed by atoms with Gasteiger partial charge < -0.3 is 5.32 Å². The highest BCUT2D eigenvalue weighted by atomic mass is 79.9. The van der Waals surface area contributed by atoms with Gasteiger partial charge in [0, 0.05) is 38.3 Å². The van der Waals surface area contributed by atoms with Gasteiger partial charge in [0.25, 0.3) is 0 Å². The van der Waals surface area contributed by atoms with Gasteiger partial charge in [0.15, 0.2) is 0 Å². The Morgan fingerprint density at radius 3 is 2.67 bits per heavy atom. The van der Waals surface area contributed by atoms with Crippen LogP contribution in [0.25, 0.3) is 0 Å². The Balaban J connectivity index is 1.82. The molecule has 0 bridgehead atoms. The lowest BCUT2D eigenvalue weighted by Crippen LogP contribution is -2.61. The number of rotatable bonds is 4. The van der Waals surface area contributed by atoms with E-state index >= 15 is 0 Å². The third kappa shape index (κ3) is 3.20. The van der Waals surface area contributed by atoms with Gasteiger partial charge in [0.1, 0.15) is 0 Å². The van der Waals surface area contributed by atoms with Crippen LogP contribution < -0.4 is 5.32 Å². The highest BCUT2D eigenvalue weighted by molar-refractivity contribution is 9.10. The zero-order valence-electron chi connectivity index (χ0n) is 13.6. The Morgan fingerprint density at radius 1 is 1.38 bits per heavy atom. The molecular weight excluding hydrogens is 328 g/mol.